The molecule has 0 aromatic carbocycles. The third-order valence-corrected chi connectivity index (χ3v) is 5.70. The first kappa shape index (κ1) is 14.1. The molecule has 1 aliphatic heterocycles. The van der Waals surface area contributed by atoms with E-state index in [-0.39, 0.29) is 5.41 Å². The molecule has 1 saturated carbocycles. The van der Waals surface area contributed by atoms with Gasteiger partial charge in [-0.05, 0) is 24.3 Å². The SMILES string of the molecule is CC1(C(=O)N2CCN(Cc3cccs3)CC2)CCCC1. The predicted octanol–water partition coefficient (Wildman–Crippen LogP) is 2.97. The molecule has 0 spiro atoms. The molecule has 0 atom stereocenters. The van der Waals surface area contributed by atoms with Gasteiger partial charge in [-0.15, -0.1) is 11.3 Å². The predicted molar refractivity (Wildman–Crippen MR) is 82.8 cm³/mol. The van der Waals surface area contributed by atoms with E-state index in [4.69, 9.17) is 0 Å². The highest BCUT2D eigenvalue weighted by Gasteiger charge is 2.39. The minimum atomic E-state index is -0.0596. The molecule has 20 heavy (non-hydrogen) atoms. The van der Waals surface area contributed by atoms with Gasteiger partial charge in [-0.1, -0.05) is 25.8 Å². The van der Waals surface area contributed by atoms with Gasteiger partial charge >= 0.3 is 0 Å². The number of hydrogen-bond acceptors (Lipinski definition) is 3. The van der Waals surface area contributed by atoms with Gasteiger partial charge in [-0.2, -0.15) is 0 Å². The van der Waals surface area contributed by atoms with Crippen LogP contribution in [0, 0.1) is 5.41 Å². The fraction of sp³-hybridized carbons (Fsp3) is 0.688. The molecule has 0 bridgehead atoms. The lowest BCUT2D eigenvalue weighted by Crippen LogP contribution is -2.51. The van der Waals surface area contributed by atoms with E-state index in [1.54, 1.807) is 0 Å². The molecule has 1 aromatic heterocycles. The molecule has 1 amide bonds. The summed E-state index contributed by atoms with van der Waals surface area (Å²) in [6.45, 7) is 7.04. The number of carbonyl (C=O) groups is 1. The van der Waals surface area contributed by atoms with Crippen LogP contribution in [0.25, 0.3) is 0 Å². The second-order valence-corrected chi connectivity index (χ2v) is 7.45. The molecule has 1 aliphatic carbocycles. The number of thiophene rings is 1. The summed E-state index contributed by atoms with van der Waals surface area (Å²) >= 11 is 1.82. The molecular weight excluding hydrogens is 268 g/mol. The minimum absolute atomic E-state index is 0.0596. The van der Waals surface area contributed by atoms with Crippen molar-refractivity contribution in [2.75, 3.05) is 26.2 Å². The second-order valence-electron chi connectivity index (χ2n) is 6.42. The largest absolute Gasteiger partial charge is 0.340 e. The molecule has 2 fully saturated rings. The van der Waals surface area contributed by atoms with Gasteiger partial charge in [0.2, 0.25) is 5.91 Å². The Labute approximate surface area is 125 Å². The summed E-state index contributed by atoms with van der Waals surface area (Å²) in [6, 6.07) is 4.31. The Kier molecular flexibility index (Phi) is 4.13. The first-order valence-corrected chi connectivity index (χ1v) is 8.59. The van der Waals surface area contributed by atoms with Crippen LogP contribution < -0.4 is 0 Å². The van der Waals surface area contributed by atoms with E-state index in [1.165, 1.54) is 17.7 Å². The lowest BCUT2D eigenvalue weighted by atomic mass is 9.87. The Morgan fingerprint density at radius 1 is 1.25 bits per heavy atom. The zero-order valence-corrected chi connectivity index (χ0v) is 13.1. The molecule has 110 valence electrons. The van der Waals surface area contributed by atoms with E-state index in [1.807, 2.05) is 11.3 Å². The van der Waals surface area contributed by atoms with Crippen molar-refractivity contribution in [2.45, 2.75) is 39.2 Å². The molecule has 3 nitrogen and oxygen atoms in total. The Balaban J connectivity index is 1.52. The molecule has 1 saturated heterocycles. The van der Waals surface area contributed by atoms with Crippen molar-refractivity contribution in [3.8, 4) is 0 Å². The van der Waals surface area contributed by atoms with Gasteiger partial charge in [-0.25, -0.2) is 0 Å². The lowest BCUT2D eigenvalue weighted by Gasteiger charge is -2.38. The first-order valence-electron chi connectivity index (χ1n) is 7.71. The average Bonchev–Trinajstić information content (AvgIpc) is 3.11. The van der Waals surface area contributed by atoms with E-state index >= 15 is 0 Å². The topological polar surface area (TPSA) is 23.6 Å². The maximum absolute atomic E-state index is 12.7. The minimum Gasteiger partial charge on any atom is -0.340 e. The highest BCUT2D eigenvalue weighted by atomic mass is 32.1. The van der Waals surface area contributed by atoms with E-state index in [0.717, 1.165) is 45.6 Å². The van der Waals surface area contributed by atoms with E-state index < -0.39 is 0 Å². The number of carbonyl (C=O) groups excluding carboxylic acids is 1. The van der Waals surface area contributed by atoms with Gasteiger partial charge in [-0.3, -0.25) is 9.69 Å². The van der Waals surface area contributed by atoms with Crippen LogP contribution in [0.2, 0.25) is 0 Å². The van der Waals surface area contributed by atoms with Gasteiger partial charge in [0, 0.05) is 43.0 Å². The van der Waals surface area contributed by atoms with E-state index in [9.17, 15) is 4.79 Å². The molecule has 2 heterocycles. The molecule has 1 aromatic rings. The lowest BCUT2D eigenvalue weighted by molar-refractivity contribution is -0.142. The number of amides is 1. The molecule has 0 N–H and O–H groups in total. The third-order valence-electron chi connectivity index (χ3n) is 4.84. The number of hydrogen-bond donors (Lipinski definition) is 0. The Morgan fingerprint density at radius 2 is 1.95 bits per heavy atom. The van der Waals surface area contributed by atoms with Crippen LogP contribution in [-0.2, 0) is 11.3 Å². The van der Waals surface area contributed by atoms with Crippen molar-refractivity contribution in [3.63, 3.8) is 0 Å². The normalized spacial score (nSPS) is 23.1. The van der Waals surface area contributed by atoms with Crippen LogP contribution >= 0.6 is 11.3 Å². The van der Waals surface area contributed by atoms with Gasteiger partial charge in [0.1, 0.15) is 0 Å². The van der Waals surface area contributed by atoms with Gasteiger partial charge < -0.3 is 4.90 Å². The quantitative estimate of drug-likeness (QED) is 0.855. The summed E-state index contributed by atoms with van der Waals surface area (Å²) < 4.78 is 0. The van der Waals surface area contributed by atoms with E-state index in [2.05, 4.69) is 34.2 Å². The van der Waals surface area contributed by atoms with Gasteiger partial charge in [0.05, 0.1) is 0 Å². The molecule has 2 aliphatic rings. The summed E-state index contributed by atoms with van der Waals surface area (Å²) in [5.74, 6) is 0.408. The maximum Gasteiger partial charge on any atom is 0.228 e. The smallest absolute Gasteiger partial charge is 0.228 e. The van der Waals surface area contributed by atoms with Gasteiger partial charge in [0.15, 0.2) is 0 Å². The second kappa shape index (κ2) is 5.86. The van der Waals surface area contributed by atoms with Crippen molar-refractivity contribution in [1.82, 2.24) is 9.80 Å². The van der Waals surface area contributed by atoms with Crippen LogP contribution in [0.4, 0.5) is 0 Å². The highest BCUT2D eigenvalue weighted by Crippen LogP contribution is 2.39. The third kappa shape index (κ3) is 2.91. The summed E-state index contributed by atoms with van der Waals surface area (Å²) in [7, 11) is 0. The van der Waals surface area contributed by atoms with Crippen LogP contribution in [0.15, 0.2) is 17.5 Å². The zero-order valence-electron chi connectivity index (χ0n) is 12.3. The zero-order chi connectivity index (χ0) is 14.0. The Bertz CT molecular complexity index is 443. The molecule has 4 heteroatoms. The van der Waals surface area contributed by atoms with E-state index in [0.29, 0.717) is 5.91 Å². The molecule has 0 unspecified atom stereocenters. The van der Waals surface area contributed by atoms with Crippen LogP contribution in [0.5, 0.6) is 0 Å². The molecular formula is C16H24N2OS. The summed E-state index contributed by atoms with van der Waals surface area (Å²) in [6.07, 6.45) is 4.61. The van der Waals surface area contributed by atoms with Crippen LogP contribution in [-0.4, -0.2) is 41.9 Å². The molecule has 0 radical (unpaired) electrons. The highest BCUT2D eigenvalue weighted by molar-refractivity contribution is 7.09. The Morgan fingerprint density at radius 3 is 2.55 bits per heavy atom. The monoisotopic (exact) mass is 292 g/mol. The average molecular weight is 292 g/mol. The number of nitrogens with zero attached hydrogens (tertiary/aromatic N) is 2. The van der Waals surface area contributed by atoms with Crippen LogP contribution in [0.3, 0.4) is 0 Å². The summed E-state index contributed by atoms with van der Waals surface area (Å²) in [5.41, 5.74) is -0.0596. The van der Waals surface area contributed by atoms with Gasteiger partial charge in [0.25, 0.3) is 0 Å². The fourth-order valence-electron chi connectivity index (χ4n) is 3.48. The Hall–Kier alpha value is -0.870. The van der Waals surface area contributed by atoms with Crippen molar-refractivity contribution < 1.29 is 4.79 Å². The maximum atomic E-state index is 12.7. The summed E-state index contributed by atoms with van der Waals surface area (Å²) in [4.78, 5) is 18.7. The molecule has 3 rings (SSSR count). The number of rotatable bonds is 3. The standard InChI is InChI=1S/C16H24N2OS/c1-16(6-2-3-7-16)15(19)18-10-8-17(9-11-18)13-14-5-4-12-20-14/h4-5,12H,2-3,6-11,13H2,1H3. The fourth-order valence-corrected chi connectivity index (χ4v) is 4.23. The van der Waals surface area contributed by atoms with Crippen molar-refractivity contribution in [3.05, 3.63) is 22.4 Å². The van der Waals surface area contributed by atoms with Crippen molar-refractivity contribution in [2.24, 2.45) is 5.41 Å². The van der Waals surface area contributed by atoms with Crippen LogP contribution in [0.1, 0.15) is 37.5 Å². The number of piperazine rings is 1. The van der Waals surface area contributed by atoms with Crippen molar-refractivity contribution >= 4 is 17.2 Å². The first-order chi connectivity index (χ1) is 9.67. The van der Waals surface area contributed by atoms with Crippen molar-refractivity contribution in [1.29, 1.82) is 0 Å². The summed E-state index contributed by atoms with van der Waals surface area (Å²) in [5, 5.41) is 2.13.